The average Bonchev–Trinajstić information content (AvgIpc) is 3.33. The Labute approximate surface area is 289 Å². The van der Waals surface area contributed by atoms with Crippen molar-refractivity contribution in [3.63, 3.8) is 0 Å². The number of rotatable bonds is 10. The van der Waals surface area contributed by atoms with Crippen LogP contribution in [0.2, 0.25) is 0 Å². The Morgan fingerprint density at radius 3 is 2.53 bits per heavy atom. The number of carbonyl (C=O) groups excluding carboxylic acids is 4. The lowest BCUT2D eigenvalue weighted by molar-refractivity contribution is -0.181. The predicted octanol–water partition coefficient (Wildman–Crippen LogP) is 4.92. The second-order valence-electron chi connectivity index (χ2n) is 16.5. The molecule has 1 saturated heterocycles. The van der Waals surface area contributed by atoms with E-state index in [1.807, 2.05) is 31.2 Å². The highest BCUT2D eigenvalue weighted by Gasteiger charge is 2.68. The summed E-state index contributed by atoms with van der Waals surface area (Å²) in [7, 11) is 0. The van der Waals surface area contributed by atoms with Gasteiger partial charge in [-0.2, -0.15) is 0 Å². The zero-order valence-electron chi connectivity index (χ0n) is 29.5. The summed E-state index contributed by atoms with van der Waals surface area (Å²) in [6, 6.07) is 10.3. The Bertz CT molecular complexity index is 1530. The van der Waals surface area contributed by atoms with Gasteiger partial charge in [0.15, 0.2) is 12.4 Å². The summed E-state index contributed by atoms with van der Waals surface area (Å²) >= 11 is 0. The Hall–Kier alpha value is -3.14. The Kier molecular flexibility index (Phi) is 9.61. The largest absolute Gasteiger partial charge is 0.458 e. The first kappa shape index (κ1) is 35.7. The Morgan fingerprint density at radius 1 is 1.04 bits per heavy atom. The van der Waals surface area contributed by atoms with Crippen molar-refractivity contribution in [2.75, 3.05) is 19.8 Å². The van der Waals surface area contributed by atoms with E-state index < -0.39 is 40.9 Å². The number of Topliss-reactive ketones (excluding diaryl/α,β-unsaturated/α-hetero) is 1. The summed E-state index contributed by atoms with van der Waals surface area (Å²) in [5.41, 5.74) is -1.15. The molecule has 4 aliphatic carbocycles. The van der Waals surface area contributed by atoms with Crippen LogP contribution in [-0.4, -0.2) is 70.7 Å². The first-order valence-corrected chi connectivity index (χ1v) is 18.1. The molecular weight excluding hydrogens is 622 g/mol. The third kappa shape index (κ3) is 6.47. The van der Waals surface area contributed by atoms with Gasteiger partial charge in [-0.1, -0.05) is 55.8 Å². The highest BCUT2D eigenvalue weighted by molar-refractivity contribution is 6.01. The van der Waals surface area contributed by atoms with Gasteiger partial charge in [-0.15, -0.1) is 0 Å². The van der Waals surface area contributed by atoms with E-state index in [-0.39, 0.29) is 66.1 Å². The van der Waals surface area contributed by atoms with E-state index >= 15 is 0 Å². The molecule has 1 aliphatic heterocycles. The summed E-state index contributed by atoms with van der Waals surface area (Å²) in [5.74, 6) is -1.53. The van der Waals surface area contributed by atoms with Gasteiger partial charge in [0.2, 0.25) is 11.7 Å². The van der Waals surface area contributed by atoms with Crippen LogP contribution in [0.5, 0.6) is 0 Å². The second-order valence-corrected chi connectivity index (χ2v) is 16.5. The van der Waals surface area contributed by atoms with Crippen LogP contribution in [0, 0.1) is 28.6 Å². The minimum atomic E-state index is -1.73. The number of hydrogen-bond donors (Lipinski definition) is 3. The van der Waals surface area contributed by atoms with Crippen molar-refractivity contribution in [1.29, 1.82) is 0 Å². The molecule has 0 aromatic heterocycles. The fraction of sp³-hybridized carbons (Fsp3) is 0.650. The number of esters is 1. The smallest absolute Gasteiger partial charge is 0.306 e. The van der Waals surface area contributed by atoms with Crippen LogP contribution in [0.1, 0.15) is 97.5 Å². The molecule has 9 heteroatoms. The molecule has 5 aliphatic rings. The standard InChI is InChI=1S/C40H53NO8/c1-36(2)25-39(19-21-49-36,26-8-6-5-7-9-26)18-20-41-33(45)12-13-34(46)48-24-32(44)40(47)17-15-30-29-11-10-27-22-28(42)14-16-37(27,3)35(29)31(43)23-38(30,40)4/h5-9,14,16,22,29-31,35,43,47H,10-13,15,17-21,23-25H2,1-4H3,(H,41,45). The van der Waals surface area contributed by atoms with Crippen LogP contribution in [-0.2, 0) is 34.1 Å². The minimum Gasteiger partial charge on any atom is -0.458 e. The molecule has 266 valence electrons. The summed E-state index contributed by atoms with van der Waals surface area (Å²) in [5, 5.41) is 26.5. The van der Waals surface area contributed by atoms with Gasteiger partial charge in [-0.05, 0) is 94.8 Å². The van der Waals surface area contributed by atoms with Crippen LogP contribution >= 0.6 is 0 Å². The van der Waals surface area contributed by atoms with E-state index in [9.17, 15) is 29.4 Å². The van der Waals surface area contributed by atoms with Gasteiger partial charge >= 0.3 is 5.97 Å². The molecular formula is C40H53NO8. The van der Waals surface area contributed by atoms with E-state index in [1.54, 1.807) is 12.2 Å². The predicted molar refractivity (Wildman–Crippen MR) is 183 cm³/mol. The average molecular weight is 676 g/mol. The normalized spacial score (nSPS) is 37.7. The SMILES string of the molecule is CC1(C)CC(CCNC(=O)CCC(=O)OCC(=O)C2(O)CCC3C4CCC5=CC(=O)C=CC5(C)C4C(O)CC32C)(c2ccccc2)CCO1. The minimum absolute atomic E-state index is 0.00638. The van der Waals surface area contributed by atoms with Crippen molar-refractivity contribution in [2.24, 2.45) is 28.6 Å². The molecule has 3 saturated carbocycles. The number of fused-ring (bicyclic) bond motifs is 5. The summed E-state index contributed by atoms with van der Waals surface area (Å²) in [6.45, 7) is 8.71. The number of carbonyl (C=O) groups is 4. The van der Waals surface area contributed by atoms with E-state index in [0.29, 0.717) is 19.6 Å². The lowest BCUT2D eigenvalue weighted by Gasteiger charge is -2.59. The zero-order chi connectivity index (χ0) is 35.2. The molecule has 9 nitrogen and oxygen atoms in total. The molecule has 3 N–H and O–H groups in total. The topological polar surface area (TPSA) is 139 Å². The molecule has 49 heavy (non-hydrogen) atoms. The van der Waals surface area contributed by atoms with Crippen molar-refractivity contribution >= 4 is 23.4 Å². The number of amides is 1. The van der Waals surface area contributed by atoms with Crippen molar-refractivity contribution in [3.8, 4) is 0 Å². The molecule has 1 aromatic rings. The van der Waals surface area contributed by atoms with Gasteiger partial charge in [0.05, 0.1) is 18.1 Å². The maximum Gasteiger partial charge on any atom is 0.306 e. The number of ketones is 2. The Balaban J connectivity index is 1.00. The number of benzene rings is 1. The maximum atomic E-state index is 13.6. The third-order valence-electron chi connectivity index (χ3n) is 13.2. The fourth-order valence-electron chi connectivity index (χ4n) is 10.7. The maximum absolute atomic E-state index is 13.6. The number of aliphatic hydroxyl groups is 2. The second kappa shape index (κ2) is 13.2. The highest BCUT2D eigenvalue weighted by atomic mass is 16.5. The molecule has 1 heterocycles. The van der Waals surface area contributed by atoms with Gasteiger partial charge < -0.3 is 25.0 Å². The van der Waals surface area contributed by atoms with Gasteiger partial charge in [0.1, 0.15) is 5.60 Å². The van der Waals surface area contributed by atoms with Crippen molar-refractivity contribution in [3.05, 3.63) is 59.7 Å². The van der Waals surface area contributed by atoms with Crippen LogP contribution in [0.3, 0.4) is 0 Å². The molecule has 6 rings (SSSR count). The Morgan fingerprint density at radius 2 is 1.80 bits per heavy atom. The monoisotopic (exact) mass is 675 g/mol. The van der Waals surface area contributed by atoms with Crippen LogP contribution < -0.4 is 5.32 Å². The lowest BCUT2D eigenvalue weighted by Crippen LogP contribution is -2.61. The number of aliphatic hydroxyl groups excluding tert-OH is 1. The van der Waals surface area contributed by atoms with E-state index in [0.717, 1.165) is 37.7 Å². The van der Waals surface area contributed by atoms with Crippen LogP contribution in [0.4, 0.5) is 0 Å². The molecule has 8 atom stereocenters. The molecule has 1 amide bonds. The molecule has 0 spiro atoms. The molecule has 1 aromatic carbocycles. The van der Waals surface area contributed by atoms with E-state index in [4.69, 9.17) is 9.47 Å². The van der Waals surface area contributed by atoms with Crippen molar-refractivity contribution in [2.45, 2.75) is 115 Å². The number of hydrogen-bond acceptors (Lipinski definition) is 8. The number of ether oxygens (including phenoxy) is 2. The summed E-state index contributed by atoms with van der Waals surface area (Å²) in [4.78, 5) is 51.1. The van der Waals surface area contributed by atoms with Crippen LogP contribution in [0.15, 0.2) is 54.1 Å². The number of nitrogens with one attached hydrogen (secondary N) is 1. The van der Waals surface area contributed by atoms with Crippen molar-refractivity contribution in [1.82, 2.24) is 5.32 Å². The summed E-state index contributed by atoms with van der Waals surface area (Å²) < 4.78 is 11.3. The molecule has 0 radical (unpaired) electrons. The van der Waals surface area contributed by atoms with Gasteiger partial charge in [0, 0.05) is 41.7 Å². The van der Waals surface area contributed by atoms with E-state index in [2.05, 4.69) is 38.2 Å². The first-order chi connectivity index (χ1) is 23.1. The number of allylic oxidation sites excluding steroid dienone is 4. The van der Waals surface area contributed by atoms with Gasteiger partial charge in [0.25, 0.3) is 0 Å². The highest BCUT2D eigenvalue weighted by Crippen LogP contribution is 2.67. The van der Waals surface area contributed by atoms with Gasteiger partial charge in [-0.3, -0.25) is 19.2 Å². The summed E-state index contributed by atoms with van der Waals surface area (Å²) in [6.07, 6.45) is 9.33. The lowest BCUT2D eigenvalue weighted by atomic mass is 9.46. The zero-order valence-corrected chi connectivity index (χ0v) is 29.5. The molecule has 0 bridgehead atoms. The van der Waals surface area contributed by atoms with Crippen LogP contribution in [0.25, 0.3) is 0 Å². The molecule has 8 unspecified atom stereocenters. The fourth-order valence-corrected chi connectivity index (χ4v) is 10.7. The van der Waals surface area contributed by atoms with Crippen molar-refractivity contribution < 1.29 is 38.9 Å². The molecule has 4 fully saturated rings. The third-order valence-corrected chi connectivity index (χ3v) is 13.2. The quantitative estimate of drug-likeness (QED) is 0.297. The first-order valence-electron chi connectivity index (χ1n) is 18.1. The van der Waals surface area contributed by atoms with E-state index in [1.165, 1.54) is 5.56 Å². The van der Waals surface area contributed by atoms with Gasteiger partial charge in [-0.25, -0.2) is 0 Å².